The molecule has 0 fully saturated rings. The summed E-state index contributed by atoms with van der Waals surface area (Å²) in [6, 6.07) is 6.81. The van der Waals surface area contributed by atoms with Crippen LogP contribution in [-0.4, -0.2) is 0 Å². The lowest BCUT2D eigenvalue weighted by atomic mass is 9.98. The second-order valence-electron chi connectivity index (χ2n) is 4.66. The molecule has 0 spiro atoms. The Morgan fingerprint density at radius 1 is 1.21 bits per heavy atom. The first-order valence-corrected chi connectivity index (χ1v) is 5.39. The molecule has 0 saturated heterocycles. The van der Waals surface area contributed by atoms with Gasteiger partial charge < -0.3 is 0 Å². The van der Waals surface area contributed by atoms with Crippen molar-refractivity contribution in [1.29, 1.82) is 0 Å². The van der Waals surface area contributed by atoms with Crippen molar-refractivity contribution in [3.8, 4) is 0 Å². The average Bonchev–Trinajstić information content (AvgIpc) is 2.42. The van der Waals surface area contributed by atoms with Gasteiger partial charge in [0.1, 0.15) is 0 Å². The van der Waals surface area contributed by atoms with E-state index in [1.165, 1.54) is 23.1 Å². The van der Waals surface area contributed by atoms with E-state index in [0.29, 0.717) is 0 Å². The van der Waals surface area contributed by atoms with Crippen LogP contribution in [0.2, 0.25) is 0 Å². The summed E-state index contributed by atoms with van der Waals surface area (Å²) in [4.78, 5) is 0. The molecule has 0 N–H and O–H groups in total. The molecule has 1 aromatic rings. The zero-order valence-electron chi connectivity index (χ0n) is 9.30. The minimum atomic E-state index is 0.722. The van der Waals surface area contributed by atoms with Gasteiger partial charge in [0.15, 0.2) is 0 Å². The molecule has 0 saturated carbocycles. The monoisotopic (exact) mass is 186 g/mol. The molecule has 0 heterocycles. The topological polar surface area (TPSA) is 0 Å². The van der Waals surface area contributed by atoms with Crippen LogP contribution in [-0.2, 0) is 0 Å². The number of allylic oxidation sites excluding steroid dienone is 1. The Hall–Kier alpha value is -1.04. The maximum atomic E-state index is 3.99. The summed E-state index contributed by atoms with van der Waals surface area (Å²) >= 11 is 0. The Kier molecular flexibility index (Phi) is 2.22. The van der Waals surface area contributed by atoms with Gasteiger partial charge in [-0.3, -0.25) is 0 Å². The first-order chi connectivity index (χ1) is 6.59. The maximum Gasteiger partial charge on any atom is -0.0182 e. The second kappa shape index (κ2) is 3.27. The number of fused-ring (bicyclic) bond motifs is 1. The van der Waals surface area contributed by atoms with Crippen molar-refractivity contribution >= 4 is 5.57 Å². The lowest BCUT2D eigenvalue weighted by Crippen LogP contribution is -1.89. The fraction of sp³-hybridized carbons (Fsp3) is 0.429. The van der Waals surface area contributed by atoms with Gasteiger partial charge in [-0.15, -0.1) is 0 Å². The van der Waals surface area contributed by atoms with Crippen molar-refractivity contribution in [2.24, 2.45) is 0 Å². The van der Waals surface area contributed by atoms with Crippen molar-refractivity contribution < 1.29 is 0 Å². The van der Waals surface area contributed by atoms with Crippen LogP contribution < -0.4 is 0 Å². The molecule has 0 bridgehead atoms. The molecule has 2 unspecified atom stereocenters. The van der Waals surface area contributed by atoms with E-state index in [0.717, 1.165) is 11.8 Å². The highest BCUT2D eigenvalue weighted by Crippen LogP contribution is 2.41. The van der Waals surface area contributed by atoms with E-state index in [2.05, 4.69) is 45.5 Å². The van der Waals surface area contributed by atoms with Gasteiger partial charge in [-0.2, -0.15) is 0 Å². The predicted molar refractivity (Wildman–Crippen MR) is 62.6 cm³/mol. The van der Waals surface area contributed by atoms with Crippen LogP contribution >= 0.6 is 0 Å². The molecule has 2 atom stereocenters. The van der Waals surface area contributed by atoms with Gasteiger partial charge >= 0.3 is 0 Å². The van der Waals surface area contributed by atoms with E-state index < -0.39 is 0 Å². The summed E-state index contributed by atoms with van der Waals surface area (Å²) in [5.74, 6) is 1.46. The van der Waals surface area contributed by atoms with E-state index in [1.54, 1.807) is 5.56 Å². The van der Waals surface area contributed by atoms with Crippen LogP contribution in [0, 0.1) is 0 Å². The summed E-state index contributed by atoms with van der Waals surface area (Å²) in [7, 11) is 0. The van der Waals surface area contributed by atoms with E-state index in [4.69, 9.17) is 0 Å². The summed E-state index contributed by atoms with van der Waals surface area (Å²) in [5, 5.41) is 0. The van der Waals surface area contributed by atoms with Gasteiger partial charge in [-0.1, -0.05) is 44.2 Å². The highest BCUT2D eigenvalue weighted by molar-refractivity contribution is 5.63. The zero-order chi connectivity index (χ0) is 10.3. The van der Waals surface area contributed by atoms with E-state index >= 15 is 0 Å². The predicted octanol–water partition coefficient (Wildman–Crippen LogP) is 4.33. The van der Waals surface area contributed by atoms with Crippen molar-refractivity contribution in [3.05, 3.63) is 41.5 Å². The van der Waals surface area contributed by atoms with Crippen molar-refractivity contribution in [2.45, 2.75) is 39.0 Å². The Morgan fingerprint density at radius 2 is 1.86 bits per heavy atom. The van der Waals surface area contributed by atoms with Gasteiger partial charge in [0.05, 0.1) is 0 Å². The minimum absolute atomic E-state index is 0.722. The summed E-state index contributed by atoms with van der Waals surface area (Å²) in [6.07, 6.45) is 1.30. The molecular formula is C14H18. The molecule has 0 nitrogen and oxygen atoms in total. The van der Waals surface area contributed by atoms with Gasteiger partial charge in [0.2, 0.25) is 0 Å². The minimum Gasteiger partial charge on any atom is -0.0955 e. The van der Waals surface area contributed by atoms with Crippen LogP contribution in [0.3, 0.4) is 0 Å². The molecule has 0 aromatic heterocycles. The SMILES string of the molecule is C=C(C)c1ccc2c(c1)C(C)CC2C. The summed E-state index contributed by atoms with van der Waals surface area (Å²) < 4.78 is 0. The Balaban J connectivity index is 2.50. The molecule has 1 aromatic carbocycles. The lowest BCUT2D eigenvalue weighted by molar-refractivity contribution is 0.661. The number of hydrogen-bond acceptors (Lipinski definition) is 0. The molecule has 0 amide bonds. The van der Waals surface area contributed by atoms with Crippen LogP contribution in [0.15, 0.2) is 24.8 Å². The van der Waals surface area contributed by atoms with E-state index in [-0.39, 0.29) is 0 Å². The molecule has 0 heteroatoms. The smallest absolute Gasteiger partial charge is 0.0182 e. The Morgan fingerprint density at radius 3 is 2.50 bits per heavy atom. The summed E-state index contributed by atoms with van der Waals surface area (Å²) in [6.45, 7) is 10.7. The Bertz CT molecular complexity index is 374. The van der Waals surface area contributed by atoms with Crippen molar-refractivity contribution in [1.82, 2.24) is 0 Å². The third kappa shape index (κ3) is 1.39. The largest absolute Gasteiger partial charge is 0.0955 e. The standard InChI is InChI=1S/C14H18/c1-9(2)12-5-6-13-10(3)7-11(4)14(13)8-12/h5-6,8,10-11H,1,7H2,2-4H3. The number of hydrogen-bond donors (Lipinski definition) is 0. The molecule has 1 aliphatic carbocycles. The fourth-order valence-corrected chi connectivity index (χ4v) is 2.50. The zero-order valence-corrected chi connectivity index (χ0v) is 9.30. The molecule has 0 radical (unpaired) electrons. The lowest BCUT2D eigenvalue weighted by Gasteiger charge is -2.08. The number of rotatable bonds is 1. The first kappa shape index (κ1) is 9.51. The molecular weight excluding hydrogens is 168 g/mol. The van der Waals surface area contributed by atoms with Crippen LogP contribution in [0.5, 0.6) is 0 Å². The Labute approximate surface area is 86.7 Å². The maximum absolute atomic E-state index is 3.99. The van der Waals surface area contributed by atoms with Crippen molar-refractivity contribution in [3.63, 3.8) is 0 Å². The van der Waals surface area contributed by atoms with Crippen LogP contribution in [0.25, 0.3) is 5.57 Å². The fourth-order valence-electron chi connectivity index (χ4n) is 2.50. The van der Waals surface area contributed by atoms with Crippen LogP contribution in [0.1, 0.15) is 55.7 Å². The molecule has 74 valence electrons. The molecule has 14 heavy (non-hydrogen) atoms. The molecule has 1 aliphatic rings. The van der Waals surface area contributed by atoms with Gasteiger partial charge in [0.25, 0.3) is 0 Å². The normalized spacial score (nSPS) is 24.8. The molecule has 0 aliphatic heterocycles. The highest BCUT2D eigenvalue weighted by atomic mass is 14.3. The molecule has 2 rings (SSSR count). The third-order valence-electron chi connectivity index (χ3n) is 3.35. The first-order valence-electron chi connectivity index (χ1n) is 5.39. The number of benzene rings is 1. The third-order valence-corrected chi connectivity index (χ3v) is 3.35. The van der Waals surface area contributed by atoms with Gasteiger partial charge in [-0.05, 0) is 41.9 Å². The average molecular weight is 186 g/mol. The quantitative estimate of drug-likeness (QED) is 0.612. The van der Waals surface area contributed by atoms with Crippen molar-refractivity contribution in [2.75, 3.05) is 0 Å². The second-order valence-corrected chi connectivity index (χ2v) is 4.66. The summed E-state index contributed by atoms with van der Waals surface area (Å²) in [5.41, 5.74) is 5.55. The van der Waals surface area contributed by atoms with Gasteiger partial charge in [0, 0.05) is 0 Å². The van der Waals surface area contributed by atoms with E-state index in [9.17, 15) is 0 Å². The highest BCUT2D eigenvalue weighted by Gasteiger charge is 2.24. The van der Waals surface area contributed by atoms with E-state index in [1.807, 2.05) is 0 Å². The van der Waals surface area contributed by atoms with Gasteiger partial charge in [-0.25, -0.2) is 0 Å². The van der Waals surface area contributed by atoms with Crippen LogP contribution in [0.4, 0.5) is 0 Å².